The third kappa shape index (κ3) is 3.23. The highest BCUT2D eigenvalue weighted by atomic mass is 16.7. The molecule has 0 bridgehead atoms. The minimum Gasteiger partial charge on any atom is -0.478 e. The van der Waals surface area contributed by atoms with Crippen LogP contribution in [-0.4, -0.2) is 30.4 Å². The first-order valence-corrected chi connectivity index (χ1v) is 3.46. The van der Waals surface area contributed by atoms with Gasteiger partial charge in [0.05, 0.1) is 7.11 Å². The zero-order valence-electron chi connectivity index (χ0n) is 7.23. The van der Waals surface area contributed by atoms with E-state index < -0.39 is 18.2 Å². The zero-order chi connectivity index (χ0) is 9.72. The summed E-state index contributed by atoms with van der Waals surface area (Å²) in [5.74, 6) is -1.45. The summed E-state index contributed by atoms with van der Waals surface area (Å²) in [6, 6.07) is 0. The molecule has 0 amide bonds. The maximum atomic E-state index is 10.5. The lowest BCUT2D eigenvalue weighted by atomic mass is 10.1. The first-order chi connectivity index (χ1) is 5.49. The van der Waals surface area contributed by atoms with Crippen molar-refractivity contribution in [1.82, 2.24) is 0 Å². The van der Waals surface area contributed by atoms with Crippen LogP contribution in [-0.2, 0) is 14.3 Å². The number of methoxy groups -OCH3 is 1. The van der Waals surface area contributed by atoms with E-state index in [0.717, 1.165) is 7.11 Å². The van der Waals surface area contributed by atoms with E-state index >= 15 is 0 Å². The topological polar surface area (TPSA) is 72.8 Å². The number of carboxylic acids is 1. The summed E-state index contributed by atoms with van der Waals surface area (Å²) < 4.78 is 8.62. The largest absolute Gasteiger partial charge is 0.508 e. The van der Waals surface area contributed by atoms with Gasteiger partial charge < -0.3 is 14.6 Å². The number of carboxylic acid groups (broad SMARTS) is 1. The summed E-state index contributed by atoms with van der Waals surface area (Å²) in [6.07, 6.45) is -2.12. The number of aliphatic carboxylic acids is 1. The van der Waals surface area contributed by atoms with Gasteiger partial charge in [-0.1, -0.05) is 13.8 Å². The zero-order valence-corrected chi connectivity index (χ0v) is 7.23. The van der Waals surface area contributed by atoms with Crippen LogP contribution in [0.25, 0.3) is 0 Å². The number of rotatable bonds is 3. The Bertz CT molecular complexity index is 175. The summed E-state index contributed by atoms with van der Waals surface area (Å²) >= 11 is 0. The van der Waals surface area contributed by atoms with Crippen LogP contribution in [0, 0.1) is 5.92 Å². The Morgan fingerprint density at radius 3 is 2.08 bits per heavy atom. The van der Waals surface area contributed by atoms with Crippen molar-refractivity contribution < 1.29 is 24.2 Å². The number of hydrogen-bond acceptors (Lipinski definition) is 4. The Morgan fingerprint density at radius 1 is 1.33 bits per heavy atom. The van der Waals surface area contributed by atoms with E-state index in [1.54, 1.807) is 13.8 Å². The van der Waals surface area contributed by atoms with E-state index in [1.807, 2.05) is 0 Å². The molecule has 0 aliphatic rings. The van der Waals surface area contributed by atoms with Gasteiger partial charge in [-0.2, -0.15) is 0 Å². The molecule has 12 heavy (non-hydrogen) atoms. The molecule has 1 N–H and O–H groups in total. The van der Waals surface area contributed by atoms with Crippen molar-refractivity contribution in [3.8, 4) is 0 Å². The molecule has 0 aromatic carbocycles. The second-order valence-electron chi connectivity index (χ2n) is 2.57. The Hall–Kier alpha value is -1.26. The highest BCUT2D eigenvalue weighted by Crippen LogP contribution is 2.07. The van der Waals surface area contributed by atoms with Crippen molar-refractivity contribution in [2.24, 2.45) is 5.92 Å². The Kier molecular flexibility index (Phi) is 4.10. The van der Waals surface area contributed by atoms with Crippen molar-refractivity contribution in [2.45, 2.75) is 20.0 Å². The maximum Gasteiger partial charge on any atom is 0.508 e. The van der Waals surface area contributed by atoms with Gasteiger partial charge in [0.15, 0.2) is 0 Å². The lowest BCUT2D eigenvalue weighted by Gasteiger charge is -2.15. The van der Waals surface area contributed by atoms with Gasteiger partial charge in [0, 0.05) is 5.92 Å². The number of carbonyl (C=O) groups is 2. The van der Waals surface area contributed by atoms with E-state index in [1.165, 1.54) is 0 Å². The molecule has 0 aliphatic carbocycles. The predicted octanol–water partition coefficient (Wildman–Crippen LogP) is 0.879. The summed E-state index contributed by atoms with van der Waals surface area (Å²) in [4.78, 5) is 21.0. The van der Waals surface area contributed by atoms with Gasteiger partial charge >= 0.3 is 12.1 Å². The first-order valence-electron chi connectivity index (χ1n) is 3.46. The Labute approximate surface area is 70.3 Å². The van der Waals surface area contributed by atoms with Crippen LogP contribution in [0.4, 0.5) is 4.79 Å². The molecule has 0 fully saturated rings. The van der Waals surface area contributed by atoms with Crippen LogP contribution in [0.2, 0.25) is 0 Å². The van der Waals surface area contributed by atoms with Crippen LogP contribution >= 0.6 is 0 Å². The minimum atomic E-state index is -1.17. The van der Waals surface area contributed by atoms with Crippen molar-refractivity contribution in [3.05, 3.63) is 0 Å². The van der Waals surface area contributed by atoms with Crippen LogP contribution in [0.3, 0.4) is 0 Å². The average molecular weight is 176 g/mol. The summed E-state index contributed by atoms with van der Waals surface area (Å²) in [7, 11) is 1.13. The highest BCUT2D eigenvalue weighted by Gasteiger charge is 2.25. The number of carbonyl (C=O) groups excluding carboxylic acids is 1. The molecule has 5 nitrogen and oxygen atoms in total. The molecule has 1 unspecified atom stereocenters. The summed E-state index contributed by atoms with van der Waals surface area (Å²) in [6.45, 7) is 3.28. The molecule has 1 atom stereocenters. The van der Waals surface area contributed by atoms with Crippen molar-refractivity contribution >= 4 is 12.1 Å². The monoisotopic (exact) mass is 176 g/mol. The molecule has 0 aromatic rings. The molecular weight excluding hydrogens is 164 g/mol. The molecule has 0 spiro atoms. The van der Waals surface area contributed by atoms with Crippen molar-refractivity contribution in [2.75, 3.05) is 7.11 Å². The second kappa shape index (κ2) is 4.58. The Balaban J connectivity index is 4.14. The molecule has 0 aromatic heterocycles. The van der Waals surface area contributed by atoms with E-state index in [0.29, 0.717) is 0 Å². The van der Waals surface area contributed by atoms with Crippen LogP contribution in [0.15, 0.2) is 0 Å². The molecule has 0 radical (unpaired) electrons. The second-order valence-corrected chi connectivity index (χ2v) is 2.57. The number of ether oxygens (including phenoxy) is 2. The fourth-order valence-corrected chi connectivity index (χ4v) is 0.623. The van der Waals surface area contributed by atoms with Gasteiger partial charge in [0.25, 0.3) is 0 Å². The quantitative estimate of drug-likeness (QED) is 0.646. The Morgan fingerprint density at radius 2 is 1.83 bits per heavy atom. The predicted molar refractivity (Wildman–Crippen MR) is 39.8 cm³/mol. The molecule has 0 aliphatic heterocycles. The van der Waals surface area contributed by atoms with E-state index in [-0.39, 0.29) is 5.92 Å². The third-order valence-electron chi connectivity index (χ3n) is 1.24. The van der Waals surface area contributed by atoms with E-state index in [9.17, 15) is 9.59 Å². The lowest BCUT2D eigenvalue weighted by molar-refractivity contribution is -0.150. The van der Waals surface area contributed by atoms with Gasteiger partial charge in [-0.3, -0.25) is 0 Å². The fourth-order valence-electron chi connectivity index (χ4n) is 0.623. The fraction of sp³-hybridized carbons (Fsp3) is 0.714. The molecule has 0 rings (SSSR count). The molecule has 0 heterocycles. The molecule has 0 saturated heterocycles. The summed E-state index contributed by atoms with van der Waals surface area (Å²) in [5.41, 5.74) is 0. The van der Waals surface area contributed by atoms with Crippen molar-refractivity contribution in [1.29, 1.82) is 0 Å². The van der Waals surface area contributed by atoms with Crippen molar-refractivity contribution in [3.63, 3.8) is 0 Å². The third-order valence-corrected chi connectivity index (χ3v) is 1.24. The molecule has 70 valence electrons. The number of hydrogen-bond donors (Lipinski definition) is 1. The minimum absolute atomic E-state index is 0.276. The highest BCUT2D eigenvalue weighted by molar-refractivity contribution is 5.75. The SMILES string of the molecule is COC(=O)OC(C(=O)O)C(C)C. The van der Waals surface area contributed by atoms with E-state index in [4.69, 9.17) is 5.11 Å². The molecule has 0 saturated carbocycles. The van der Waals surface area contributed by atoms with Gasteiger partial charge in [-0.15, -0.1) is 0 Å². The first kappa shape index (κ1) is 10.7. The van der Waals surface area contributed by atoms with Gasteiger partial charge in [-0.05, 0) is 0 Å². The van der Waals surface area contributed by atoms with Crippen LogP contribution in [0.1, 0.15) is 13.8 Å². The van der Waals surface area contributed by atoms with E-state index in [2.05, 4.69) is 9.47 Å². The van der Waals surface area contributed by atoms with Crippen LogP contribution < -0.4 is 0 Å². The summed E-state index contributed by atoms with van der Waals surface area (Å²) in [5, 5.41) is 8.56. The molecule has 5 heteroatoms. The normalized spacial score (nSPS) is 12.3. The standard InChI is InChI=1S/C7H12O5/c1-4(2)5(6(8)9)12-7(10)11-3/h4-5H,1-3H3,(H,8,9). The van der Waals surface area contributed by atoms with Gasteiger partial charge in [0.1, 0.15) is 0 Å². The van der Waals surface area contributed by atoms with Gasteiger partial charge in [0.2, 0.25) is 6.10 Å². The average Bonchev–Trinajstić information content (AvgIpc) is 1.98. The maximum absolute atomic E-state index is 10.5. The smallest absolute Gasteiger partial charge is 0.478 e. The molecular formula is C7H12O5. The van der Waals surface area contributed by atoms with Crippen LogP contribution in [0.5, 0.6) is 0 Å². The lowest BCUT2D eigenvalue weighted by Crippen LogP contribution is -2.31. The van der Waals surface area contributed by atoms with Gasteiger partial charge in [-0.25, -0.2) is 9.59 Å².